The molecule has 0 aromatic rings. The summed E-state index contributed by atoms with van der Waals surface area (Å²) in [7, 11) is -1.70. The smallest absolute Gasteiger partial charge is 0.192 e. The quantitative estimate of drug-likeness (QED) is 0.354. The summed E-state index contributed by atoms with van der Waals surface area (Å²) in [4.78, 5) is 0. The van der Waals surface area contributed by atoms with E-state index in [1.54, 1.807) is 0 Å². The summed E-state index contributed by atoms with van der Waals surface area (Å²) in [6.45, 7) is 17.1. The number of fused-ring (bicyclic) bond motifs is 5. The minimum Gasteiger partial charge on any atom is -0.412 e. The van der Waals surface area contributed by atoms with Gasteiger partial charge < -0.3 is 4.43 Å². The Morgan fingerprint density at radius 1 is 0.857 bits per heavy atom. The lowest BCUT2D eigenvalue weighted by molar-refractivity contribution is -0.0885. The average molecular weight is 423 g/mol. The van der Waals surface area contributed by atoms with Crippen LogP contribution in [0.4, 0.5) is 0 Å². The van der Waals surface area contributed by atoms with Crippen LogP contribution in [0.5, 0.6) is 0 Å². The third-order valence-corrected chi connectivity index (χ3v) is 15.9. The molecule has 0 N–H and O–H groups in total. The fourth-order valence-electron chi connectivity index (χ4n) is 7.90. The van der Waals surface area contributed by atoms with Crippen molar-refractivity contribution >= 4 is 20.9 Å². The van der Waals surface area contributed by atoms with Crippen molar-refractivity contribution in [1.82, 2.24) is 0 Å². The first-order valence-corrected chi connectivity index (χ1v) is 15.7. The molecule has 0 saturated heterocycles. The Labute approximate surface area is 181 Å². The third-order valence-electron chi connectivity index (χ3n) is 10.5. The molecular weight excluding hydrogens is 376 g/mol. The Hall–Kier alpha value is 0.527. The van der Waals surface area contributed by atoms with Gasteiger partial charge in [-0.25, -0.2) is 0 Å². The van der Waals surface area contributed by atoms with Crippen molar-refractivity contribution in [3.05, 3.63) is 0 Å². The molecule has 4 aliphatic rings. The maximum Gasteiger partial charge on any atom is 0.192 e. The highest BCUT2D eigenvalue weighted by Crippen LogP contribution is 2.64. The minimum atomic E-state index is -1.70. The fourth-order valence-corrected chi connectivity index (χ4v) is 10.1. The largest absolute Gasteiger partial charge is 0.412 e. The van der Waals surface area contributed by atoms with Gasteiger partial charge in [0.2, 0.25) is 0 Å². The second kappa shape index (κ2) is 7.02. The first-order valence-electron chi connectivity index (χ1n) is 12.2. The van der Waals surface area contributed by atoms with Gasteiger partial charge in [-0.1, -0.05) is 27.7 Å². The van der Waals surface area contributed by atoms with Crippen LogP contribution in [0.2, 0.25) is 18.1 Å². The van der Waals surface area contributed by atoms with Gasteiger partial charge in [-0.05, 0) is 118 Å². The molecule has 4 fully saturated rings. The number of thiol groups is 1. The van der Waals surface area contributed by atoms with Crippen molar-refractivity contribution in [2.45, 2.75) is 121 Å². The average Bonchev–Trinajstić information content (AvgIpc) is 2.88. The monoisotopic (exact) mass is 422 g/mol. The zero-order valence-electron chi connectivity index (χ0n) is 19.7. The van der Waals surface area contributed by atoms with E-state index in [0.29, 0.717) is 15.7 Å². The number of hydrogen-bond acceptors (Lipinski definition) is 2. The van der Waals surface area contributed by atoms with Crippen LogP contribution in [0, 0.1) is 35.0 Å². The van der Waals surface area contributed by atoms with E-state index < -0.39 is 8.32 Å². The molecule has 0 spiro atoms. The Morgan fingerprint density at radius 2 is 1.54 bits per heavy atom. The molecule has 4 rings (SSSR count). The molecule has 0 amide bonds. The van der Waals surface area contributed by atoms with Gasteiger partial charge in [0.15, 0.2) is 8.32 Å². The van der Waals surface area contributed by atoms with Gasteiger partial charge in [0, 0.05) is 5.25 Å². The predicted molar refractivity (Wildman–Crippen MR) is 127 cm³/mol. The lowest BCUT2D eigenvalue weighted by Gasteiger charge is -2.58. The molecule has 4 aliphatic carbocycles. The third kappa shape index (κ3) is 3.48. The molecule has 0 aromatic heterocycles. The molecule has 28 heavy (non-hydrogen) atoms. The van der Waals surface area contributed by atoms with Gasteiger partial charge >= 0.3 is 0 Å². The Kier molecular flexibility index (Phi) is 5.45. The van der Waals surface area contributed by atoms with Crippen molar-refractivity contribution in [1.29, 1.82) is 0 Å². The topological polar surface area (TPSA) is 9.23 Å². The first kappa shape index (κ1) is 21.7. The van der Waals surface area contributed by atoms with Crippen molar-refractivity contribution in [2.75, 3.05) is 0 Å². The highest BCUT2D eigenvalue weighted by atomic mass is 32.1. The Bertz CT molecular complexity index is 598. The molecule has 0 aromatic carbocycles. The van der Waals surface area contributed by atoms with Crippen LogP contribution in [0.1, 0.15) is 92.4 Å². The lowest BCUT2D eigenvalue weighted by Crippen LogP contribution is -2.54. The van der Waals surface area contributed by atoms with Gasteiger partial charge in [0.05, 0.1) is 5.60 Å². The van der Waals surface area contributed by atoms with E-state index in [-0.39, 0.29) is 5.60 Å². The summed E-state index contributed by atoms with van der Waals surface area (Å²) in [6.07, 6.45) is 12.7. The van der Waals surface area contributed by atoms with Crippen LogP contribution in [-0.2, 0) is 4.43 Å². The molecule has 0 radical (unpaired) electrons. The Morgan fingerprint density at radius 3 is 2.21 bits per heavy atom. The SMILES string of the molecule is CC(C)(C)[Si](C)(C)O[C@]1(C)CC[C@H]2[C@H](CC[C@@H]3[C@@H]2CC[C@]2(C)[C@@H](S)CC[C@@H]32)C1. The minimum absolute atomic E-state index is 0.129. The van der Waals surface area contributed by atoms with Crippen LogP contribution >= 0.6 is 12.6 Å². The van der Waals surface area contributed by atoms with Crippen LogP contribution in [0.25, 0.3) is 0 Å². The number of rotatable bonds is 2. The van der Waals surface area contributed by atoms with Crippen LogP contribution in [0.3, 0.4) is 0 Å². The second-order valence-corrected chi connectivity index (χ2v) is 18.5. The fraction of sp³-hybridized carbons (Fsp3) is 1.00. The van der Waals surface area contributed by atoms with E-state index in [1.807, 2.05) is 0 Å². The van der Waals surface area contributed by atoms with Gasteiger partial charge in [-0.15, -0.1) is 0 Å². The van der Waals surface area contributed by atoms with Crippen LogP contribution in [-0.4, -0.2) is 19.2 Å². The van der Waals surface area contributed by atoms with Crippen LogP contribution < -0.4 is 0 Å². The highest BCUT2D eigenvalue weighted by Gasteiger charge is 2.57. The van der Waals surface area contributed by atoms with Crippen molar-refractivity contribution in [2.24, 2.45) is 35.0 Å². The zero-order valence-corrected chi connectivity index (χ0v) is 21.6. The van der Waals surface area contributed by atoms with Gasteiger partial charge in [-0.3, -0.25) is 0 Å². The standard InChI is InChI=1S/C25H46OSSi/c1-23(2,3)28(6,7)26-24(4)14-12-18-17(16-24)8-9-20-19(18)13-15-25(5)21(20)10-11-22(25)27/h17-22,27H,8-16H2,1-7H3/t17-,18+,19-,20-,21+,22+,24-,25+/m1/s1. The zero-order chi connectivity index (χ0) is 20.5. The first-order chi connectivity index (χ1) is 12.9. The molecule has 3 heteroatoms. The summed E-state index contributed by atoms with van der Waals surface area (Å²) >= 11 is 5.02. The summed E-state index contributed by atoms with van der Waals surface area (Å²) in [6, 6.07) is 0. The molecule has 162 valence electrons. The van der Waals surface area contributed by atoms with Crippen molar-refractivity contribution in [3.63, 3.8) is 0 Å². The summed E-state index contributed by atoms with van der Waals surface area (Å²) in [5.74, 6) is 4.88. The molecular formula is C25H46OSSi. The maximum absolute atomic E-state index is 7.04. The summed E-state index contributed by atoms with van der Waals surface area (Å²) < 4.78 is 7.04. The second-order valence-electron chi connectivity index (χ2n) is 13.1. The van der Waals surface area contributed by atoms with E-state index in [9.17, 15) is 0 Å². The lowest BCUT2D eigenvalue weighted by atomic mass is 9.50. The Balaban J connectivity index is 1.46. The summed E-state index contributed by atoms with van der Waals surface area (Å²) in [5, 5.41) is 0.966. The molecule has 0 heterocycles. The number of hydrogen-bond donors (Lipinski definition) is 1. The van der Waals surface area contributed by atoms with E-state index in [4.69, 9.17) is 17.1 Å². The highest BCUT2D eigenvalue weighted by molar-refractivity contribution is 7.81. The normalized spacial score (nSPS) is 49.3. The molecule has 4 saturated carbocycles. The molecule has 0 aliphatic heterocycles. The van der Waals surface area contributed by atoms with Crippen LogP contribution in [0.15, 0.2) is 0 Å². The van der Waals surface area contributed by atoms with Gasteiger partial charge in [0.25, 0.3) is 0 Å². The van der Waals surface area contributed by atoms with E-state index >= 15 is 0 Å². The predicted octanol–water partition coefficient (Wildman–Crippen LogP) is 7.72. The van der Waals surface area contributed by atoms with Gasteiger partial charge in [0.1, 0.15) is 0 Å². The molecule has 1 nitrogen and oxygen atoms in total. The van der Waals surface area contributed by atoms with Crippen molar-refractivity contribution < 1.29 is 4.43 Å². The van der Waals surface area contributed by atoms with E-state index in [1.165, 1.54) is 57.8 Å². The van der Waals surface area contributed by atoms with E-state index in [2.05, 4.69) is 47.7 Å². The van der Waals surface area contributed by atoms with E-state index in [0.717, 1.165) is 29.6 Å². The molecule has 0 unspecified atom stereocenters. The molecule has 8 atom stereocenters. The maximum atomic E-state index is 7.04. The summed E-state index contributed by atoms with van der Waals surface area (Å²) in [5.41, 5.74) is 0.662. The van der Waals surface area contributed by atoms with Gasteiger partial charge in [-0.2, -0.15) is 12.6 Å². The molecule has 0 bridgehead atoms. The van der Waals surface area contributed by atoms with Crippen molar-refractivity contribution in [3.8, 4) is 0 Å².